The number of aromatic nitrogens is 2. The molecule has 2 bridgehead atoms. The lowest BCUT2D eigenvalue weighted by molar-refractivity contribution is 0.0916. The molecular formula is C25H27N3O3. The molecule has 31 heavy (non-hydrogen) atoms. The van der Waals surface area contributed by atoms with E-state index >= 15 is 0 Å². The van der Waals surface area contributed by atoms with Crippen molar-refractivity contribution in [1.29, 1.82) is 0 Å². The molecule has 6 heteroatoms. The Bertz CT molecular complexity index is 1070. The predicted octanol–water partition coefficient (Wildman–Crippen LogP) is 4.47. The van der Waals surface area contributed by atoms with E-state index in [0.717, 1.165) is 40.7 Å². The normalized spacial score (nSPS) is 21.8. The van der Waals surface area contributed by atoms with Crippen LogP contribution in [0.2, 0.25) is 0 Å². The number of fused-ring (bicyclic) bond motifs is 2. The summed E-state index contributed by atoms with van der Waals surface area (Å²) in [6, 6.07) is 14.0. The Morgan fingerprint density at radius 1 is 1.03 bits per heavy atom. The third kappa shape index (κ3) is 3.56. The SMILES string of the molecule is COc1cccc(OC)c1-c1ccc(-n2cncc2C(=O)NC2CC3CCC2C3)cc1. The van der Waals surface area contributed by atoms with E-state index in [9.17, 15) is 4.79 Å². The number of amides is 1. The Kier molecular flexibility index (Phi) is 5.14. The van der Waals surface area contributed by atoms with Gasteiger partial charge in [-0.3, -0.25) is 9.36 Å². The van der Waals surface area contributed by atoms with E-state index < -0.39 is 0 Å². The summed E-state index contributed by atoms with van der Waals surface area (Å²) in [5, 5.41) is 3.26. The molecule has 6 nitrogen and oxygen atoms in total. The van der Waals surface area contributed by atoms with Crippen LogP contribution in [0.1, 0.15) is 36.2 Å². The summed E-state index contributed by atoms with van der Waals surface area (Å²) in [4.78, 5) is 17.2. The van der Waals surface area contributed by atoms with Crippen molar-refractivity contribution in [3.05, 3.63) is 60.7 Å². The van der Waals surface area contributed by atoms with Crippen LogP contribution in [0.5, 0.6) is 11.5 Å². The minimum Gasteiger partial charge on any atom is -0.496 e. The number of methoxy groups -OCH3 is 2. The van der Waals surface area contributed by atoms with Gasteiger partial charge in [0.05, 0.1) is 32.3 Å². The molecule has 2 aliphatic carbocycles. The number of imidazole rings is 1. The molecule has 3 unspecified atom stereocenters. The molecule has 0 spiro atoms. The molecule has 1 heterocycles. The van der Waals surface area contributed by atoms with Gasteiger partial charge in [-0.05, 0) is 60.9 Å². The summed E-state index contributed by atoms with van der Waals surface area (Å²) < 4.78 is 12.9. The lowest BCUT2D eigenvalue weighted by Gasteiger charge is -2.23. The topological polar surface area (TPSA) is 65.4 Å². The highest BCUT2D eigenvalue weighted by Gasteiger charge is 2.40. The van der Waals surface area contributed by atoms with Gasteiger partial charge in [-0.2, -0.15) is 0 Å². The van der Waals surface area contributed by atoms with E-state index in [-0.39, 0.29) is 5.91 Å². The number of carbonyl (C=O) groups excluding carboxylic acids is 1. The maximum atomic E-state index is 13.0. The van der Waals surface area contributed by atoms with Crippen LogP contribution in [-0.2, 0) is 0 Å². The number of nitrogens with one attached hydrogen (secondary N) is 1. The van der Waals surface area contributed by atoms with Crippen LogP contribution < -0.4 is 14.8 Å². The zero-order valence-electron chi connectivity index (χ0n) is 17.9. The van der Waals surface area contributed by atoms with Gasteiger partial charge in [0.25, 0.3) is 5.91 Å². The van der Waals surface area contributed by atoms with Crippen LogP contribution in [0.25, 0.3) is 16.8 Å². The molecule has 3 aromatic rings. The van der Waals surface area contributed by atoms with Gasteiger partial charge in [-0.1, -0.05) is 24.6 Å². The maximum absolute atomic E-state index is 13.0. The third-order valence-corrected chi connectivity index (χ3v) is 6.79. The first kappa shape index (κ1) is 19.7. The Labute approximate surface area is 182 Å². The average molecular weight is 418 g/mol. The highest BCUT2D eigenvalue weighted by Crippen LogP contribution is 2.44. The third-order valence-electron chi connectivity index (χ3n) is 6.79. The summed E-state index contributed by atoms with van der Waals surface area (Å²) in [7, 11) is 3.30. The largest absolute Gasteiger partial charge is 0.496 e. The predicted molar refractivity (Wildman–Crippen MR) is 119 cm³/mol. The zero-order chi connectivity index (χ0) is 21.4. The van der Waals surface area contributed by atoms with Crippen molar-refractivity contribution in [2.45, 2.75) is 31.7 Å². The number of rotatable bonds is 6. The molecule has 2 saturated carbocycles. The van der Waals surface area contributed by atoms with E-state index in [1.165, 1.54) is 19.3 Å². The van der Waals surface area contributed by atoms with E-state index in [1.54, 1.807) is 26.7 Å². The van der Waals surface area contributed by atoms with Crippen molar-refractivity contribution in [3.63, 3.8) is 0 Å². The van der Waals surface area contributed by atoms with Crippen LogP contribution in [0.3, 0.4) is 0 Å². The molecule has 0 aliphatic heterocycles. The molecule has 3 atom stereocenters. The fraction of sp³-hybridized carbons (Fsp3) is 0.360. The summed E-state index contributed by atoms with van der Waals surface area (Å²) >= 11 is 0. The number of nitrogens with zero attached hydrogens (tertiary/aromatic N) is 2. The van der Waals surface area contributed by atoms with Gasteiger partial charge in [0.1, 0.15) is 17.2 Å². The van der Waals surface area contributed by atoms with E-state index in [0.29, 0.717) is 17.7 Å². The first-order valence-corrected chi connectivity index (χ1v) is 10.8. The van der Waals surface area contributed by atoms with Gasteiger partial charge in [0, 0.05) is 11.7 Å². The monoisotopic (exact) mass is 417 g/mol. The van der Waals surface area contributed by atoms with Crippen molar-refractivity contribution in [3.8, 4) is 28.3 Å². The van der Waals surface area contributed by atoms with Gasteiger partial charge >= 0.3 is 0 Å². The summed E-state index contributed by atoms with van der Waals surface area (Å²) in [5.74, 6) is 2.88. The van der Waals surface area contributed by atoms with Crippen LogP contribution in [0, 0.1) is 11.8 Å². The van der Waals surface area contributed by atoms with Crippen LogP contribution in [-0.4, -0.2) is 35.7 Å². The second-order valence-electron chi connectivity index (χ2n) is 8.49. The maximum Gasteiger partial charge on any atom is 0.270 e. The molecule has 2 aliphatic rings. The van der Waals surface area contributed by atoms with Crippen LogP contribution in [0.15, 0.2) is 55.0 Å². The molecule has 1 N–H and O–H groups in total. The number of ether oxygens (including phenoxy) is 2. The summed E-state index contributed by atoms with van der Waals surface area (Å²) in [6.45, 7) is 0. The van der Waals surface area contributed by atoms with Crippen molar-refractivity contribution >= 4 is 5.91 Å². The lowest BCUT2D eigenvalue weighted by atomic mass is 9.95. The quantitative estimate of drug-likeness (QED) is 0.642. The molecule has 160 valence electrons. The minimum absolute atomic E-state index is 0.0504. The molecule has 2 fully saturated rings. The second kappa shape index (κ2) is 8.10. The second-order valence-corrected chi connectivity index (χ2v) is 8.49. The van der Waals surface area contributed by atoms with E-state index in [2.05, 4.69) is 10.3 Å². The van der Waals surface area contributed by atoms with Crippen molar-refractivity contribution in [2.75, 3.05) is 14.2 Å². The standard InChI is InChI=1S/C25H27N3O3/c1-30-22-4-3-5-23(31-2)24(22)17-8-10-19(11-9-17)28-15-26-14-21(28)25(29)27-20-13-16-6-7-18(20)12-16/h3-5,8-11,14-16,18,20H,6-7,12-13H2,1-2H3,(H,27,29). The van der Waals surface area contributed by atoms with Crippen LogP contribution in [0.4, 0.5) is 0 Å². The summed E-state index contributed by atoms with van der Waals surface area (Å²) in [6.07, 6.45) is 8.26. The minimum atomic E-state index is -0.0504. The van der Waals surface area contributed by atoms with Crippen molar-refractivity contribution in [1.82, 2.24) is 14.9 Å². The van der Waals surface area contributed by atoms with Gasteiger partial charge in [-0.15, -0.1) is 0 Å². The number of benzene rings is 2. The number of hydrogen-bond acceptors (Lipinski definition) is 4. The first-order valence-electron chi connectivity index (χ1n) is 10.8. The molecule has 2 aromatic carbocycles. The highest BCUT2D eigenvalue weighted by molar-refractivity contribution is 5.93. The molecule has 1 aromatic heterocycles. The first-order chi connectivity index (χ1) is 15.2. The molecule has 0 saturated heterocycles. The molecule has 5 rings (SSSR count). The van der Waals surface area contributed by atoms with Crippen LogP contribution >= 0.6 is 0 Å². The van der Waals surface area contributed by atoms with E-state index in [4.69, 9.17) is 9.47 Å². The Morgan fingerprint density at radius 2 is 1.77 bits per heavy atom. The highest BCUT2D eigenvalue weighted by atomic mass is 16.5. The number of hydrogen-bond donors (Lipinski definition) is 1. The van der Waals surface area contributed by atoms with Gasteiger partial charge in [0.2, 0.25) is 0 Å². The Balaban J connectivity index is 1.39. The molecule has 1 amide bonds. The van der Waals surface area contributed by atoms with Gasteiger partial charge < -0.3 is 14.8 Å². The smallest absolute Gasteiger partial charge is 0.270 e. The van der Waals surface area contributed by atoms with Gasteiger partial charge in [0.15, 0.2) is 0 Å². The van der Waals surface area contributed by atoms with Crippen molar-refractivity contribution in [2.24, 2.45) is 11.8 Å². The van der Waals surface area contributed by atoms with Crippen molar-refractivity contribution < 1.29 is 14.3 Å². The molecule has 0 radical (unpaired) electrons. The Morgan fingerprint density at radius 3 is 2.39 bits per heavy atom. The molecular weight excluding hydrogens is 390 g/mol. The number of carbonyl (C=O) groups is 1. The average Bonchev–Trinajstić information content (AvgIpc) is 3.56. The van der Waals surface area contributed by atoms with Gasteiger partial charge in [-0.25, -0.2) is 4.98 Å². The lowest BCUT2D eigenvalue weighted by Crippen LogP contribution is -2.39. The summed E-state index contributed by atoms with van der Waals surface area (Å²) in [5.41, 5.74) is 3.32. The zero-order valence-corrected chi connectivity index (χ0v) is 17.9. The van der Waals surface area contributed by atoms with E-state index in [1.807, 2.05) is 47.0 Å². The fourth-order valence-electron chi connectivity index (χ4n) is 5.26. The Hall–Kier alpha value is -3.28. The fourth-order valence-corrected chi connectivity index (χ4v) is 5.26.